The van der Waals surface area contributed by atoms with Crippen LogP contribution >= 0.6 is 0 Å². The highest BCUT2D eigenvalue weighted by atomic mass is 16.6. The summed E-state index contributed by atoms with van der Waals surface area (Å²) < 4.78 is 10.3. The molecule has 2 atom stereocenters. The first-order valence-electron chi connectivity index (χ1n) is 6.26. The largest absolute Gasteiger partial charge is 0.445 e. The molecule has 0 aromatic heterocycles. The van der Waals surface area contributed by atoms with Crippen molar-refractivity contribution in [3.8, 4) is 0 Å². The second-order valence-electron chi connectivity index (χ2n) is 4.58. The quantitative estimate of drug-likeness (QED) is 0.564. The van der Waals surface area contributed by atoms with Gasteiger partial charge in [-0.1, -0.05) is 18.7 Å². The molecule has 106 valence electrons. The third-order valence-electron chi connectivity index (χ3n) is 3.20. The molecule has 0 unspecified atom stereocenters. The van der Waals surface area contributed by atoms with Crippen LogP contribution in [0, 0.1) is 0 Å². The Morgan fingerprint density at radius 1 is 1.42 bits per heavy atom. The third kappa shape index (κ3) is 4.21. The van der Waals surface area contributed by atoms with Crippen LogP contribution in [-0.2, 0) is 14.3 Å². The number of rotatable bonds is 5. The van der Waals surface area contributed by atoms with Crippen LogP contribution in [0.3, 0.4) is 0 Å². The van der Waals surface area contributed by atoms with Gasteiger partial charge in [0.1, 0.15) is 6.61 Å². The van der Waals surface area contributed by atoms with Gasteiger partial charge in [-0.05, 0) is 25.8 Å². The van der Waals surface area contributed by atoms with E-state index in [0.717, 1.165) is 0 Å². The molecule has 1 fully saturated rings. The van der Waals surface area contributed by atoms with Crippen LogP contribution in [0.25, 0.3) is 0 Å². The van der Waals surface area contributed by atoms with Crippen LogP contribution in [0.5, 0.6) is 0 Å². The molecule has 1 saturated heterocycles. The van der Waals surface area contributed by atoms with E-state index in [1.54, 1.807) is 25.0 Å². The van der Waals surface area contributed by atoms with Crippen molar-refractivity contribution < 1.29 is 19.1 Å². The van der Waals surface area contributed by atoms with E-state index < -0.39 is 6.09 Å². The molecule has 0 aromatic carbocycles. The van der Waals surface area contributed by atoms with Gasteiger partial charge in [-0.2, -0.15) is 0 Å². The van der Waals surface area contributed by atoms with Gasteiger partial charge in [-0.15, -0.1) is 0 Å². The molecule has 0 saturated carbocycles. The van der Waals surface area contributed by atoms with Gasteiger partial charge in [0.15, 0.2) is 5.78 Å². The Balaban J connectivity index is 2.80. The minimum atomic E-state index is -0.406. The van der Waals surface area contributed by atoms with E-state index in [1.807, 2.05) is 0 Å². The minimum Gasteiger partial charge on any atom is -0.445 e. The van der Waals surface area contributed by atoms with Crippen LogP contribution in [0.2, 0.25) is 0 Å². The number of methoxy groups -OCH3 is 1. The number of ketones is 1. The van der Waals surface area contributed by atoms with E-state index in [-0.39, 0.29) is 24.5 Å². The van der Waals surface area contributed by atoms with Gasteiger partial charge >= 0.3 is 6.09 Å². The fourth-order valence-corrected chi connectivity index (χ4v) is 1.98. The molecule has 19 heavy (non-hydrogen) atoms. The predicted molar refractivity (Wildman–Crippen MR) is 71.9 cm³/mol. The molecule has 1 rings (SSSR count). The van der Waals surface area contributed by atoms with Gasteiger partial charge in [0.05, 0.1) is 18.7 Å². The van der Waals surface area contributed by atoms with Crippen LogP contribution in [0.4, 0.5) is 4.79 Å². The summed E-state index contributed by atoms with van der Waals surface area (Å²) in [4.78, 5) is 24.8. The van der Waals surface area contributed by atoms with Crippen molar-refractivity contribution in [3.63, 3.8) is 0 Å². The maximum absolute atomic E-state index is 11.9. The van der Waals surface area contributed by atoms with Gasteiger partial charge < -0.3 is 9.47 Å². The lowest BCUT2D eigenvalue weighted by molar-refractivity contribution is -0.113. The summed E-state index contributed by atoms with van der Waals surface area (Å²) in [5, 5.41) is 0. The van der Waals surface area contributed by atoms with Crippen molar-refractivity contribution in [2.45, 2.75) is 32.4 Å². The predicted octanol–water partition coefficient (Wildman–Crippen LogP) is 1.93. The van der Waals surface area contributed by atoms with Crippen LogP contribution in [-0.4, -0.2) is 49.2 Å². The molecule has 1 amide bonds. The number of ether oxygens (including phenoxy) is 2. The fourth-order valence-electron chi connectivity index (χ4n) is 1.98. The van der Waals surface area contributed by atoms with Gasteiger partial charge in [-0.25, -0.2) is 4.79 Å². The lowest BCUT2D eigenvalue weighted by atomic mass is 10.1. The second kappa shape index (κ2) is 7.09. The summed E-state index contributed by atoms with van der Waals surface area (Å²) in [6, 6.07) is -0.161. The summed E-state index contributed by atoms with van der Waals surface area (Å²) in [5.41, 5.74) is 0.642. The zero-order valence-electron chi connectivity index (χ0n) is 11.7. The highest BCUT2D eigenvalue weighted by Gasteiger charge is 2.35. The molecule has 0 N–H and O–H groups in total. The Morgan fingerprint density at radius 3 is 2.63 bits per heavy atom. The average Bonchev–Trinajstić information content (AvgIpc) is 2.78. The topological polar surface area (TPSA) is 55.8 Å². The SMILES string of the molecule is C=CCOC(=O)N1C[C@@H](OC)C[C@H]1/C=C(\C)C(C)=O. The molecular weight excluding hydrogens is 246 g/mol. The molecule has 0 spiro atoms. The van der Waals surface area contributed by atoms with Gasteiger partial charge in [0, 0.05) is 7.11 Å². The number of hydrogen-bond acceptors (Lipinski definition) is 4. The smallest absolute Gasteiger partial charge is 0.410 e. The van der Waals surface area contributed by atoms with Crippen LogP contribution < -0.4 is 0 Å². The summed E-state index contributed by atoms with van der Waals surface area (Å²) >= 11 is 0. The van der Waals surface area contributed by atoms with Gasteiger partial charge in [-0.3, -0.25) is 9.69 Å². The molecule has 5 nitrogen and oxygen atoms in total. The first-order valence-corrected chi connectivity index (χ1v) is 6.26. The molecule has 1 heterocycles. The molecule has 1 aliphatic heterocycles. The summed E-state index contributed by atoms with van der Waals surface area (Å²) in [6.45, 7) is 7.41. The number of carbonyl (C=O) groups is 2. The number of amides is 1. The zero-order chi connectivity index (χ0) is 14.4. The van der Waals surface area contributed by atoms with E-state index >= 15 is 0 Å². The van der Waals surface area contributed by atoms with Crippen molar-refractivity contribution in [2.24, 2.45) is 0 Å². The number of Topliss-reactive ketones (excluding diaryl/α,β-unsaturated/α-hetero) is 1. The van der Waals surface area contributed by atoms with Crippen LogP contribution in [0.1, 0.15) is 20.3 Å². The standard InChI is InChI=1S/C14H21NO4/c1-5-6-19-14(17)15-9-13(18-4)8-12(15)7-10(2)11(3)16/h5,7,12-13H,1,6,8-9H2,2-4H3/b10-7+/t12-,13+/m1/s1. The third-order valence-corrected chi connectivity index (χ3v) is 3.20. The van der Waals surface area contributed by atoms with Crippen molar-refractivity contribution in [1.82, 2.24) is 4.90 Å². The molecule has 0 bridgehead atoms. The lowest BCUT2D eigenvalue weighted by Crippen LogP contribution is -2.36. The number of nitrogens with zero attached hydrogens (tertiary/aromatic N) is 1. The molecule has 0 aliphatic carbocycles. The minimum absolute atomic E-state index is 0.000255. The Bertz CT molecular complexity index is 389. The number of carbonyl (C=O) groups excluding carboxylic acids is 2. The Labute approximate surface area is 113 Å². The molecular formula is C14H21NO4. The normalized spacial score (nSPS) is 23.3. The van der Waals surface area contributed by atoms with Gasteiger partial charge in [0.2, 0.25) is 0 Å². The average molecular weight is 267 g/mol. The fraction of sp³-hybridized carbons (Fsp3) is 0.571. The first kappa shape index (κ1) is 15.4. The molecule has 0 aromatic rings. The van der Waals surface area contributed by atoms with E-state index in [0.29, 0.717) is 18.5 Å². The maximum Gasteiger partial charge on any atom is 0.410 e. The monoisotopic (exact) mass is 267 g/mol. The van der Waals surface area contributed by atoms with E-state index in [1.165, 1.54) is 13.0 Å². The van der Waals surface area contributed by atoms with Crippen molar-refractivity contribution in [1.29, 1.82) is 0 Å². The zero-order valence-corrected chi connectivity index (χ0v) is 11.7. The number of allylic oxidation sites excluding steroid dienone is 1. The van der Waals surface area contributed by atoms with Crippen molar-refractivity contribution in [2.75, 3.05) is 20.3 Å². The van der Waals surface area contributed by atoms with Crippen molar-refractivity contribution in [3.05, 3.63) is 24.3 Å². The Morgan fingerprint density at radius 2 is 2.11 bits per heavy atom. The number of hydrogen-bond donors (Lipinski definition) is 0. The highest BCUT2D eigenvalue weighted by Crippen LogP contribution is 2.23. The lowest BCUT2D eigenvalue weighted by Gasteiger charge is -2.21. The number of likely N-dealkylation sites (tertiary alicyclic amines) is 1. The Kier molecular flexibility index (Phi) is 5.76. The summed E-state index contributed by atoms with van der Waals surface area (Å²) in [6.07, 6.45) is 3.56. The van der Waals surface area contributed by atoms with E-state index in [4.69, 9.17) is 9.47 Å². The summed E-state index contributed by atoms with van der Waals surface area (Å²) in [7, 11) is 1.61. The summed E-state index contributed by atoms with van der Waals surface area (Å²) in [5.74, 6) is 0.000255. The molecule has 1 aliphatic rings. The highest BCUT2D eigenvalue weighted by molar-refractivity contribution is 5.92. The second-order valence-corrected chi connectivity index (χ2v) is 4.58. The molecule has 5 heteroatoms. The van der Waals surface area contributed by atoms with Crippen LogP contribution in [0.15, 0.2) is 24.3 Å². The van der Waals surface area contributed by atoms with E-state index in [9.17, 15) is 9.59 Å². The van der Waals surface area contributed by atoms with Gasteiger partial charge in [0.25, 0.3) is 0 Å². The molecule has 0 radical (unpaired) electrons. The first-order chi connectivity index (χ1) is 8.99. The Hall–Kier alpha value is -1.62. The van der Waals surface area contributed by atoms with Crippen molar-refractivity contribution >= 4 is 11.9 Å². The maximum atomic E-state index is 11.9. The van der Waals surface area contributed by atoms with E-state index in [2.05, 4.69) is 6.58 Å².